The van der Waals surface area contributed by atoms with Crippen LogP contribution in [-0.2, 0) is 19.1 Å². The zero-order valence-electron chi connectivity index (χ0n) is 30.4. The lowest BCUT2D eigenvalue weighted by Gasteiger charge is -2.09. The molecule has 0 amide bonds. The zero-order chi connectivity index (χ0) is 37.0. The van der Waals surface area contributed by atoms with Gasteiger partial charge < -0.3 is 18.9 Å². The van der Waals surface area contributed by atoms with Gasteiger partial charge in [0.2, 0.25) is 0 Å². The Morgan fingerprint density at radius 2 is 0.885 bits per heavy atom. The molecule has 0 aliphatic carbocycles. The third-order valence-corrected chi connectivity index (χ3v) is 8.13. The van der Waals surface area contributed by atoms with E-state index in [-0.39, 0.29) is 11.9 Å². The fourth-order valence-corrected chi connectivity index (χ4v) is 4.37. The summed E-state index contributed by atoms with van der Waals surface area (Å²) in [5.41, 5.74) is 5.30. The number of aliphatic imine (C=N–C) groups is 2. The van der Waals surface area contributed by atoms with Crippen molar-refractivity contribution in [3.05, 3.63) is 131 Å². The fraction of sp³-hybridized carbons (Fsp3) is 0.273. The van der Waals surface area contributed by atoms with Gasteiger partial charge in [-0.25, -0.2) is 9.59 Å². The summed E-state index contributed by atoms with van der Waals surface area (Å²) in [6.45, 7) is 9.92. The first kappa shape index (κ1) is 39.0. The molecular formula is C44H48N2O6. The van der Waals surface area contributed by atoms with Crippen LogP contribution in [0.4, 0.5) is 11.4 Å². The predicted molar refractivity (Wildman–Crippen MR) is 210 cm³/mol. The summed E-state index contributed by atoms with van der Waals surface area (Å²) in [6.07, 6.45) is 11.9. The molecule has 0 aliphatic heterocycles. The summed E-state index contributed by atoms with van der Waals surface area (Å²) in [5, 5.41) is 0. The van der Waals surface area contributed by atoms with E-state index in [0.717, 1.165) is 58.0 Å². The Morgan fingerprint density at radius 3 is 1.23 bits per heavy atom. The van der Waals surface area contributed by atoms with Gasteiger partial charge >= 0.3 is 11.9 Å². The highest BCUT2D eigenvalue weighted by Gasteiger charge is 2.04. The lowest BCUT2D eigenvalue weighted by molar-refractivity contribution is -0.139. The number of carbonyl (C=O) groups excluding carboxylic acids is 2. The van der Waals surface area contributed by atoms with Crippen molar-refractivity contribution in [3.63, 3.8) is 0 Å². The summed E-state index contributed by atoms with van der Waals surface area (Å²) in [7, 11) is 0. The molecule has 0 saturated carbocycles. The molecule has 0 unspecified atom stereocenters. The lowest BCUT2D eigenvalue weighted by atomic mass is 10.1. The Labute approximate surface area is 307 Å². The summed E-state index contributed by atoms with van der Waals surface area (Å²) < 4.78 is 22.2. The number of ether oxygens (including phenoxy) is 4. The lowest BCUT2D eigenvalue weighted by Crippen LogP contribution is -2.09. The molecular weight excluding hydrogens is 652 g/mol. The minimum atomic E-state index is -0.334. The van der Waals surface area contributed by atoms with Gasteiger partial charge in [0.15, 0.2) is 0 Å². The minimum absolute atomic E-state index is 0.334. The Morgan fingerprint density at radius 1 is 0.538 bits per heavy atom. The summed E-state index contributed by atoms with van der Waals surface area (Å²) in [5.74, 6) is 1.54. The largest absolute Gasteiger partial charge is 0.490 e. The van der Waals surface area contributed by atoms with Crippen LogP contribution < -0.4 is 9.47 Å². The molecule has 0 bridgehead atoms. The molecule has 0 saturated heterocycles. The zero-order valence-corrected chi connectivity index (χ0v) is 30.4. The summed E-state index contributed by atoms with van der Waals surface area (Å²) in [4.78, 5) is 32.8. The molecule has 0 fully saturated rings. The number of benzene rings is 4. The maximum absolute atomic E-state index is 11.9. The first-order valence-corrected chi connectivity index (χ1v) is 17.7. The van der Waals surface area contributed by atoms with E-state index in [2.05, 4.69) is 37.7 Å². The van der Waals surface area contributed by atoms with Crippen molar-refractivity contribution in [2.45, 2.75) is 40.5 Å². The van der Waals surface area contributed by atoms with Crippen LogP contribution in [0.2, 0.25) is 0 Å². The molecule has 0 N–H and O–H groups in total. The number of carbonyl (C=O) groups is 2. The Kier molecular flexibility index (Phi) is 16.1. The summed E-state index contributed by atoms with van der Waals surface area (Å²) in [6, 6.07) is 30.6. The van der Waals surface area contributed by atoms with Crippen LogP contribution in [0.1, 0.15) is 62.8 Å². The molecule has 0 radical (unpaired) electrons. The van der Waals surface area contributed by atoms with Crippen LogP contribution in [-0.4, -0.2) is 50.8 Å². The van der Waals surface area contributed by atoms with Crippen molar-refractivity contribution >= 4 is 47.9 Å². The molecule has 4 aromatic rings. The van der Waals surface area contributed by atoms with Gasteiger partial charge in [-0.05, 0) is 119 Å². The number of nitrogens with zero attached hydrogens (tertiary/aromatic N) is 2. The molecule has 2 atom stereocenters. The fourth-order valence-electron chi connectivity index (χ4n) is 4.37. The number of rotatable bonds is 19. The van der Waals surface area contributed by atoms with E-state index < -0.39 is 0 Å². The van der Waals surface area contributed by atoms with Gasteiger partial charge in [-0.15, -0.1) is 0 Å². The van der Waals surface area contributed by atoms with Crippen molar-refractivity contribution in [1.82, 2.24) is 0 Å². The maximum atomic E-state index is 11.9. The molecule has 0 aliphatic rings. The third-order valence-electron chi connectivity index (χ3n) is 8.13. The van der Waals surface area contributed by atoms with E-state index in [4.69, 9.17) is 18.9 Å². The molecule has 52 heavy (non-hydrogen) atoms. The van der Waals surface area contributed by atoms with Crippen LogP contribution >= 0.6 is 0 Å². The maximum Gasteiger partial charge on any atom is 0.330 e. The van der Waals surface area contributed by atoms with Gasteiger partial charge in [-0.3, -0.25) is 9.98 Å². The van der Waals surface area contributed by atoms with Crippen LogP contribution in [0, 0.1) is 11.8 Å². The van der Waals surface area contributed by atoms with Gasteiger partial charge in [-0.2, -0.15) is 0 Å². The Bertz CT molecular complexity index is 1660. The highest BCUT2D eigenvalue weighted by Crippen LogP contribution is 2.18. The molecule has 0 heterocycles. The van der Waals surface area contributed by atoms with Crippen LogP contribution in [0.15, 0.2) is 119 Å². The van der Waals surface area contributed by atoms with Crippen molar-refractivity contribution < 1.29 is 28.5 Å². The average molecular weight is 701 g/mol. The number of esters is 2. The van der Waals surface area contributed by atoms with Crippen LogP contribution in [0.25, 0.3) is 12.2 Å². The molecule has 8 heteroatoms. The second-order valence-corrected chi connectivity index (χ2v) is 12.5. The van der Waals surface area contributed by atoms with Gasteiger partial charge in [0, 0.05) is 24.6 Å². The second kappa shape index (κ2) is 21.5. The monoisotopic (exact) mass is 700 g/mol. The van der Waals surface area contributed by atoms with Gasteiger partial charge in [0.25, 0.3) is 0 Å². The van der Waals surface area contributed by atoms with E-state index in [1.54, 1.807) is 24.6 Å². The van der Waals surface area contributed by atoms with E-state index in [0.29, 0.717) is 38.3 Å². The quantitative estimate of drug-likeness (QED) is 0.0418. The van der Waals surface area contributed by atoms with Crippen molar-refractivity contribution in [1.29, 1.82) is 0 Å². The van der Waals surface area contributed by atoms with Gasteiger partial charge in [0.1, 0.15) is 24.7 Å². The van der Waals surface area contributed by atoms with Crippen LogP contribution in [0.5, 0.6) is 11.5 Å². The highest BCUT2D eigenvalue weighted by molar-refractivity contribution is 5.88. The standard InChI is InChI=1S/C44H48N2O6/c1-5-33(3)31-51-43(47)25-15-35-7-17-39(18-8-35)45-29-37-11-21-41(22-12-37)49-27-28-50-42-23-13-38(14-24-42)30-46-40-19-9-36(10-20-40)16-26-44(48)52-32-34(4)6-2/h7-26,29-30,33-34H,5-6,27-28,31-32H2,1-4H3/b25-15+,26-16+,45-29?,46-30?/t33-,34-/m0/s1. The molecule has 0 spiro atoms. The average Bonchev–Trinajstić information content (AvgIpc) is 3.19. The van der Waals surface area contributed by atoms with Crippen molar-refractivity contribution in [3.8, 4) is 11.5 Å². The predicted octanol–water partition coefficient (Wildman–Crippen LogP) is 9.85. The highest BCUT2D eigenvalue weighted by atomic mass is 16.5. The smallest absolute Gasteiger partial charge is 0.330 e. The van der Waals surface area contributed by atoms with Gasteiger partial charge in [-0.1, -0.05) is 64.8 Å². The van der Waals surface area contributed by atoms with Crippen LogP contribution in [0.3, 0.4) is 0 Å². The van der Waals surface area contributed by atoms with Gasteiger partial charge in [0.05, 0.1) is 24.6 Å². The topological polar surface area (TPSA) is 95.8 Å². The number of hydrogen-bond acceptors (Lipinski definition) is 8. The molecule has 0 aromatic heterocycles. The normalized spacial score (nSPS) is 12.8. The number of hydrogen-bond donors (Lipinski definition) is 0. The third kappa shape index (κ3) is 14.6. The first-order chi connectivity index (χ1) is 25.3. The minimum Gasteiger partial charge on any atom is -0.490 e. The second-order valence-electron chi connectivity index (χ2n) is 12.5. The van der Waals surface area contributed by atoms with E-state index >= 15 is 0 Å². The van der Waals surface area contributed by atoms with Crippen molar-refractivity contribution in [2.75, 3.05) is 26.4 Å². The molecule has 270 valence electrons. The van der Waals surface area contributed by atoms with E-state index in [1.165, 1.54) is 12.2 Å². The Balaban J connectivity index is 1.14. The molecule has 8 nitrogen and oxygen atoms in total. The van der Waals surface area contributed by atoms with E-state index in [1.807, 2.05) is 97.1 Å². The Hall–Kier alpha value is -5.76. The van der Waals surface area contributed by atoms with E-state index in [9.17, 15) is 9.59 Å². The first-order valence-electron chi connectivity index (χ1n) is 17.7. The van der Waals surface area contributed by atoms with Crippen molar-refractivity contribution in [2.24, 2.45) is 21.8 Å². The molecule has 4 aromatic carbocycles. The summed E-state index contributed by atoms with van der Waals surface area (Å²) >= 11 is 0. The SMILES string of the molecule is CC[C@H](C)COC(=O)/C=C/c1ccc(N=Cc2ccc(OCCOc3ccc(C=Nc4ccc(/C=C/C(=O)OC[C@@H](C)CC)cc4)cc3)cc2)cc1. The molecule has 4 rings (SSSR count).